The molecule has 1 amide bonds. The number of hydrogen-bond donors (Lipinski definition) is 1. The van der Waals surface area contributed by atoms with E-state index >= 15 is 0 Å². The molecule has 1 saturated heterocycles. The van der Waals surface area contributed by atoms with Crippen LogP contribution in [0.5, 0.6) is 0 Å². The molecular weight excluding hydrogens is 273 g/mol. The largest absolute Gasteiger partial charge is 0.450 e. The van der Waals surface area contributed by atoms with Crippen LogP contribution < -0.4 is 10.6 Å². The van der Waals surface area contributed by atoms with Gasteiger partial charge < -0.3 is 20.3 Å². The van der Waals surface area contributed by atoms with Gasteiger partial charge in [-0.2, -0.15) is 0 Å². The summed E-state index contributed by atoms with van der Waals surface area (Å²) in [5.41, 5.74) is 7.27. The Hall–Kier alpha value is -1.82. The number of anilines is 1. The Morgan fingerprint density at radius 1 is 1.38 bits per heavy atom. The molecule has 0 bridgehead atoms. The maximum atomic E-state index is 14.2. The second-order valence-corrected chi connectivity index (χ2v) is 5.14. The highest BCUT2D eigenvalue weighted by Crippen LogP contribution is 2.29. The third-order valence-electron chi connectivity index (χ3n) is 3.63. The molecule has 0 saturated carbocycles. The number of ether oxygens (including phenoxy) is 1. The minimum atomic E-state index is -0.307. The number of nitrogens with two attached hydrogens (primary N) is 1. The van der Waals surface area contributed by atoms with E-state index in [0.29, 0.717) is 38.5 Å². The van der Waals surface area contributed by atoms with E-state index in [1.165, 1.54) is 6.07 Å². The standard InChI is InChI=1S/C15H22FN3O2/c1-3-21-15(20)19-9-7-18(8-10-19)14-12(11(2)17)5-4-6-13(14)16/h4-6,11H,3,7-10,17H2,1-2H3. The van der Waals surface area contributed by atoms with Gasteiger partial charge in [-0.1, -0.05) is 12.1 Å². The lowest BCUT2D eigenvalue weighted by Crippen LogP contribution is -2.49. The molecule has 1 unspecified atom stereocenters. The molecule has 21 heavy (non-hydrogen) atoms. The second-order valence-electron chi connectivity index (χ2n) is 5.14. The fourth-order valence-electron chi connectivity index (χ4n) is 2.56. The van der Waals surface area contributed by atoms with Gasteiger partial charge in [-0.25, -0.2) is 9.18 Å². The molecule has 1 atom stereocenters. The molecule has 0 radical (unpaired) electrons. The minimum Gasteiger partial charge on any atom is -0.450 e. The Kier molecular flexibility index (Phi) is 5.01. The van der Waals surface area contributed by atoms with Gasteiger partial charge in [0.25, 0.3) is 0 Å². The molecule has 6 heteroatoms. The van der Waals surface area contributed by atoms with Gasteiger partial charge in [0.05, 0.1) is 12.3 Å². The first-order valence-electron chi connectivity index (χ1n) is 7.25. The predicted octanol–water partition coefficient (Wildman–Crippen LogP) is 2.12. The summed E-state index contributed by atoms with van der Waals surface area (Å²) >= 11 is 0. The molecule has 0 aromatic heterocycles. The molecule has 116 valence electrons. The Bertz CT molecular complexity index is 500. The van der Waals surface area contributed by atoms with Crippen LogP contribution in [-0.4, -0.2) is 43.8 Å². The molecule has 0 spiro atoms. The highest BCUT2D eigenvalue weighted by atomic mass is 19.1. The smallest absolute Gasteiger partial charge is 0.409 e. The summed E-state index contributed by atoms with van der Waals surface area (Å²) in [7, 11) is 0. The lowest BCUT2D eigenvalue weighted by molar-refractivity contribution is 0.105. The van der Waals surface area contributed by atoms with E-state index in [4.69, 9.17) is 10.5 Å². The third kappa shape index (κ3) is 3.44. The minimum absolute atomic E-state index is 0.237. The summed E-state index contributed by atoms with van der Waals surface area (Å²) in [5.74, 6) is -0.269. The van der Waals surface area contributed by atoms with E-state index in [9.17, 15) is 9.18 Å². The molecule has 1 fully saturated rings. The number of para-hydroxylation sites is 1. The molecule has 2 rings (SSSR count). The van der Waals surface area contributed by atoms with Gasteiger partial charge in [-0.15, -0.1) is 0 Å². The van der Waals surface area contributed by atoms with Crippen molar-refractivity contribution in [3.05, 3.63) is 29.6 Å². The van der Waals surface area contributed by atoms with Crippen molar-refractivity contribution < 1.29 is 13.9 Å². The van der Waals surface area contributed by atoms with Gasteiger partial charge in [-0.3, -0.25) is 0 Å². The Morgan fingerprint density at radius 3 is 2.62 bits per heavy atom. The number of carbonyl (C=O) groups excluding carboxylic acids is 1. The van der Waals surface area contributed by atoms with Crippen molar-refractivity contribution in [2.45, 2.75) is 19.9 Å². The van der Waals surface area contributed by atoms with E-state index in [-0.39, 0.29) is 18.0 Å². The summed E-state index contributed by atoms with van der Waals surface area (Å²) in [4.78, 5) is 15.3. The van der Waals surface area contributed by atoms with Gasteiger partial charge >= 0.3 is 6.09 Å². The van der Waals surface area contributed by atoms with Gasteiger partial charge in [-0.05, 0) is 25.5 Å². The number of nitrogens with zero attached hydrogens (tertiary/aromatic N) is 2. The first-order valence-corrected chi connectivity index (χ1v) is 7.25. The topological polar surface area (TPSA) is 58.8 Å². The van der Waals surface area contributed by atoms with Crippen LogP contribution >= 0.6 is 0 Å². The van der Waals surface area contributed by atoms with Crippen LogP contribution in [0.3, 0.4) is 0 Å². The summed E-state index contributed by atoms with van der Waals surface area (Å²) in [6.07, 6.45) is -0.307. The van der Waals surface area contributed by atoms with Crippen molar-refractivity contribution in [2.75, 3.05) is 37.7 Å². The molecule has 1 aromatic rings. The van der Waals surface area contributed by atoms with Crippen LogP contribution in [0, 0.1) is 5.82 Å². The van der Waals surface area contributed by atoms with Crippen molar-refractivity contribution >= 4 is 11.8 Å². The first kappa shape index (κ1) is 15.6. The molecule has 0 aliphatic carbocycles. The van der Waals surface area contributed by atoms with Crippen molar-refractivity contribution in [2.24, 2.45) is 5.73 Å². The number of amides is 1. The number of piperazine rings is 1. The van der Waals surface area contributed by atoms with Crippen LogP contribution in [0.1, 0.15) is 25.5 Å². The molecule has 2 N–H and O–H groups in total. The van der Waals surface area contributed by atoms with Crippen molar-refractivity contribution in [1.29, 1.82) is 0 Å². The normalized spacial score (nSPS) is 16.8. The van der Waals surface area contributed by atoms with Gasteiger partial charge in [0.15, 0.2) is 0 Å². The number of halogens is 1. The predicted molar refractivity (Wildman–Crippen MR) is 79.8 cm³/mol. The number of carbonyl (C=O) groups is 1. The highest BCUT2D eigenvalue weighted by molar-refractivity contribution is 5.68. The van der Waals surface area contributed by atoms with Crippen LogP contribution in [0.15, 0.2) is 18.2 Å². The van der Waals surface area contributed by atoms with E-state index < -0.39 is 0 Å². The van der Waals surface area contributed by atoms with E-state index in [2.05, 4.69) is 0 Å². The average Bonchev–Trinajstić information content (AvgIpc) is 2.47. The van der Waals surface area contributed by atoms with Crippen LogP contribution in [-0.2, 0) is 4.74 Å². The van der Waals surface area contributed by atoms with Gasteiger partial charge in [0.2, 0.25) is 0 Å². The quantitative estimate of drug-likeness (QED) is 0.928. The lowest BCUT2D eigenvalue weighted by Gasteiger charge is -2.36. The molecule has 5 nitrogen and oxygen atoms in total. The Labute approximate surface area is 124 Å². The maximum Gasteiger partial charge on any atom is 0.409 e. The van der Waals surface area contributed by atoms with Crippen LogP contribution in [0.25, 0.3) is 0 Å². The average molecular weight is 295 g/mol. The summed E-state index contributed by atoms with van der Waals surface area (Å²) in [6, 6.07) is 4.73. The van der Waals surface area contributed by atoms with Crippen molar-refractivity contribution in [3.8, 4) is 0 Å². The lowest BCUT2D eigenvalue weighted by atomic mass is 10.0. The van der Waals surface area contributed by atoms with E-state index in [1.54, 1.807) is 17.9 Å². The summed E-state index contributed by atoms with van der Waals surface area (Å²) < 4.78 is 19.2. The zero-order chi connectivity index (χ0) is 15.4. The highest BCUT2D eigenvalue weighted by Gasteiger charge is 2.25. The maximum absolute atomic E-state index is 14.2. The molecule has 1 aliphatic rings. The van der Waals surface area contributed by atoms with E-state index in [0.717, 1.165) is 5.56 Å². The van der Waals surface area contributed by atoms with Crippen LogP contribution in [0.4, 0.5) is 14.9 Å². The summed E-state index contributed by atoms with van der Waals surface area (Å²) in [5, 5.41) is 0. The fraction of sp³-hybridized carbons (Fsp3) is 0.533. The molecule has 1 heterocycles. The van der Waals surface area contributed by atoms with Crippen molar-refractivity contribution in [3.63, 3.8) is 0 Å². The Morgan fingerprint density at radius 2 is 2.05 bits per heavy atom. The van der Waals surface area contributed by atoms with Gasteiger partial charge in [0.1, 0.15) is 5.82 Å². The number of rotatable bonds is 3. The third-order valence-corrected chi connectivity index (χ3v) is 3.63. The zero-order valence-corrected chi connectivity index (χ0v) is 12.5. The number of benzene rings is 1. The monoisotopic (exact) mass is 295 g/mol. The molecule has 1 aromatic carbocycles. The van der Waals surface area contributed by atoms with Crippen LogP contribution in [0.2, 0.25) is 0 Å². The first-order chi connectivity index (χ1) is 10.0. The molecular formula is C15H22FN3O2. The van der Waals surface area contributed by atoms with Gasteiger partial charge in [0, 0.05) is 32.2 Å². The fourth-order valence-corrected chi connectivity index (χ4v) is 2.56. The summed E-state index contributed by atoms with van der Waals surface area (Å²) in [6.45, 7) is 6.16. The second kappa shape index (κ2) is 6.76. The van der Waals surface area contributed by atoms with E-state index in [1.807, 2.05) is 17.9 Å². The van der Waals surface area contributed by atoms with Crippen molar-refractivity contribution in [1.82, 2.24) is 4.90 Å². The number of hydrogen-bond acceptors (Lipinski definition) is 4. The SMILES string of the molecule is CCOC(=O)N1CCN(c2c(F)cccc2C(C)N)CC1. The Balaban J connectivity index is 2.11. The molecule has 1 aliphatic heterocycles. The zero-order valence-electron chi connectivity index (χ0n) is 12.5.